The molecule has 0 spiro atoms. The van der Waals surface area contributed by atoms with E-state index in [0.29, 0.717) is 13.1 Å². The molecule has 2 amide bonds. The highest BCUT2D eigenvalue weighted by molar-refractivity contribution is 5.94. The van der Waals surface area contributed by atoms with E-state index in [1.807, 2.05) is 0 Å². The summed E-state index contributed by atoms with van der Waals surface area (Å²) in [6, 6.07) is 2.94. The van der Waals surface area contributed by atoms with Crippen molar-refractivity contribution in [3.8, 4) is 5.75 Å². The fourth-order valence-electron chi connectivity index (χ4n) is 1.51. The Kier molecular flexibility index (Phi) is 3.76. The van der Waals surface area contributed by atoms with Gasteiger partial charge in [0.1, 0.15) is 5.75 Å². The number of rotatable bonds is 5. The van der Waals surface area contributed by atoms with E-state index < -0.39 is 5.91 Å². The third kappa shape index (κ3) is 3.19. The van der Waals surface area contributed by atoms with Gasteiger partial charge in [-0.15, -0.1) is 0 Å². The van der Waals surface area contributed by atoms with E-state index in [0.717, 1.165) is 12.8 Å². The molecule has 0 atom stereocenters. The molecule has 2 rings (SSSR count). The summed E-state index contributed by atoms with van der Waals surface area (Å²) in [6.07, 6.45) is 3.35. The summed E-state index contributed by atoms with van der Waals surface area (Å²) in [4.78, 5) is 26.7. The van der Waals surface area contributed by atoms with Crippen LogP contribution in [0.5, 0.6) is 5.75 Å². The number of aromatic nitrogens is 1. The van der Waals surface area contributed by atoms with Gasteiger partial charge in [-0.05, 0) is 25.0 Å². The van der Waals surface area contributed by atoms with E-state index in [2.05, 4.69) is 15.6 Å². The molecule has 0 bridgehead atoms. The molecule has 0 radical (unpaired) electrons. The highest BCUT2D eigenvalue weighted by Gasteiger charge is 2.29. The van der Waals surface area contributed by atoms with Gasteiger partial charge >= 0.3 is 0 Å². The van der Waals surface area contributed by atoms with Crippen LogP contribution in [0.3, 0.4) is 0 Å². The van der Waals surface area contributed by atoms with Crippen molar-refractivity contribution in [2.24, 2.45) is 5.92 Å². The van der Waals surface area contributed by atoms with Crippen molar-refractivity contribution in [1.82, 2.24) is 15.6 Å². The zero-order chi connectivity index (χ0) is 13.0. The molecule has 1 aliphatic carbocycles. The molecule has 6 nitrogen and oxygen atoms in total. The van der Waals surface area contributed by atoms with Crippen LogP contribution in [0.25, 0.3) is 0 Å². The van der Waals surface area contributed by atoms with Crippen LogP contribution in [0, 0.1) is 5.92 Å². The van der Waals surface area contributed by atoms with E-state index in [1.54, 1.807) is 6.07 Å². The lowest BCUT2D eigenvalue weighted by atomic mass is 10.3. The standard InChI is InChI=1S/C12H15N3O3/c16-9-2-1-5-13-10(9)12(18)15-7-6-14-11(17)8-3-4-8/h1-2,5,8,16H,3-4,6-7H2,(H,14,17)(H,15,18). The number of aromatic hydroxyl groups is 1. The quantitative estimate of drug-likeness (QED) is 0.643. The van der Waals surface area contributed by atoms with Gasteiger partial charge in [-0.25, -0.2) is 4.98 Å². The molecule has 0 unspecified atom stereocenters. The summed E-state index contributed by atoms with van der Waals surface area (Å²) < 4.78 is 0. The lowest BCUT2D eigenvalue weighted by molar-refractivity contribution is -0.122. The van der Waals surface area contributed by atoms with Crippen LogP contribution < -0.4 is 10.6 Å². The molecule has 1 aliphatic rings. The van der Waals surface area contributed by atoms with Gasteiger partial charge in [-0.3, -0.25) is 9.59 Å². The molecule has 0 saturated heterocycles. The van der Waals surface area contributed by atoms with Crippen molar-refractivity contribution >= 4 is 11.8 Å². The van der Waals surface area contributed by atoms with Gasteiger partial charge in [-0.2, -0.15) is 0 Å². The predicted molar refractivity (Wildman–Crippen MR) is 64.0 cm³/mol. The first-order valence-electron chi connectivity index (χ1n) is 5.88. The maximum Gasteiger partial charge on any atom is 0.273 e. The van der Waals surface area contributed by atoms with E-state index in [1.165, 1.54) is 12.3 Å². The Morgan fingerprint density at radius 1 is 1.33 bits per heavy atom. The molecule has 0 aliphatic heterocycles. The topological polar surface area (TPSA) is 91.3 Å². The highest BCUT2D eigenvalue weighted by atomic mass is 16.3. The zero-order valence-electron chi connectivity index (χ0n) is 9.85. The molecule has 18 heavy (non-hydrogen) atoms. The second kappa shape index (κ2) is 5.48. The molecular formula is C12H15N3O3. The fourth-order valence-corrected chi connectivity index (χ4v) is 1.51. The summed E-state index contributed by atoms with van der Waals surface area (Å²) in [5.74, 6) is -0.392. The third-order valence-corrected chi connectivity index (χ3v) is 2.66. The number of pyridine rings is 1. The first-order chi connectivity index (χ1) is 8.68. The Morgan fingerprint density at radius 2 is 2.06 bits per heavy atom. The van der Waals surface area contributed by atoms with Gasteiger partial charge in [0, 0.05) is 25.2 Å². The van der Waals surface area contributed by atoms with Crippen molar-refractivity contribution in [2.75, 3.05) is 13.1 Å². The smallest absolute Gasteiger partial charge is 0.273 e. The minimum Gasteiger partial charge on any atom is -0.505 e. The van der Waals surface area contributed by atoms with Crippen molar-refractivity contribution in [3.63, 3.8) is 0 Å². The van der Waals surface area contributed by atoms with Gasteiger partial charge in [0.15, 0.2) is 5.69 Å². The van der Waals surface area contributed by atoms with Crippen LogP contribution in [0.2, 0.25) is 0 Å². The predicted octanol–water partition coefficient (Wildman–Crippen LogP) is 0.0432. The Labute approximate surface area is 104 Å². The van der Waals surface area contributed by atoms with Crippen molar-refractivity contribution in [1.29, 1.82) is 0 Å². The van der Waals surface area contributed by atoms with Crippen molar-refractivity contribution < 1.29 is 14.7 Å². The molecule has 1 saturated carbocycles. The Morgan fingerprint density at radius 3 is 2.72 bits per heavy atom. The summed E-state index contributed by atoms with van der Waals surface area (Å²) in [7, 11) is 0. The lowest BCUT2D eigenvalue weighted by Gasteiger charge is -2.06. The number of hydrogen-bond acceptors (Lipinski definition) is 4. The van der Waals surface area contributed by atoms with Gasteiger partial charge in [-0.1, -0.05) is 0 Å². The van der Waals surface area contributed by atoms with Crippen LogP contribution in [-0.2, 0) is 4.79 Å². The zero-order valence-corrected chi connectivity index (χ0v) is 9.85. The Hall–Kier alpha value is -2.11. The number of hydrogen-bond donors (Lipinski definition) is 3. The average Bonchev–Trinajstić information content (AvgIpc) is 3.19. The maximum absolute atomic E-state index is 11.6. The minimum atomic E-state index is -0.450. The van der Waals surface area contributed by atoms with Crippen LogP contribution in [-0.4, -0.2) is 35.0 Å². The summed E-state index contributed by atoms with van der Waals surface area (Å²) in [5, 5.41) is 14.7. The van der Waals surface area contributed by atoms with Crippen LogP contribution in [0.15, 0.2) is 18.3 Å². The molecular weight excluding hydrogens is 234 g/mol. The lowest BCUT2D eigenvalue weighted by Crippen LogP contribution is -2.35. The summed E-state index contributed by atoms with van der Waals surface area (Å²) in [6.45, 7) is 0.696. The molecule has 6 heteroatoms. The number of carbonyl (C=O) groups excluding carboxylic acids is 2. The van der Waals surface area contributed by atoms with E-state index >= 15 is 0 Å². The van der Waals surface area contributed by atoms with Crippen LogP contribution >= 0.6 is 0 Å². The monoisotopic (exact) mass is 249 g/mol. The van der Waals surface area contributed by atoms with Gasteiger partial charge in [0.05, 0.1) is 0 Å². The largest absolute Gasteiger partial charge is 0.505 e. The summed E-state index contributed by atoms with van der Waals surface area (Å²) in [5.41, 5.74) is -0.00832. The van der Waals surface area contributed by atoms with Crippen molar-refractivity contribution in [3.05, 3.63) is 24.0 Å². The van der Waals surface area contributed by atoms with Gasteiger partial charge in [0.2, 0.25) is 5.91 Å². The number of nitrogens with one attached hydrogen (secondary N) is 2. The third-order valence-electron chi connectivity index (χ3n) is 2.66. The maximum atomic E-state index is 11.6. The summed E-state index contributed by atoms with van der Waals surface area (Å²) >= 11 is 0. The number of amides is 2. The molecule has 1 aromatic heterocycles. The Balaban J connectivity index is 1.71. The molecule has 1 aromatic rings. The van der Waals surface area contributed by atoms with E-state index in [-0.39, 0.29) is 23.3 Å². The fraction of sp³-hybridized carbons (Fsp3) is 0.417. The van der Waals surface area contributed by atoms with Crippen molar-refractivity contribution in [2.45, 2.75) is 12.8 Å². The SMILES string of the molecule is O=C(NCCNC(=O)C1CC1)c1ncccc1O. The first-order valence-corrected chi connectivity index (χ1v) is 5.88. The number of nitrogens with zero attached hydrogens (tertiary/aromatic N) is 1. The first kappa shape index (κ1) is 12.3. The molecule has 96 valence electrons. The average molecular weight is 249 g/mol. The van der Waals surface area contributed by atoms with Crippen LogP contribution in [0.1, 0.15) is 23.3 Å². The van der Waals surface area contributed by atoms with Gasteiger partial charge < -0.3 is 15.7 Å². The second-order valence-corrected chi connectivity index (χ2v) is 4.19. The molecule has 0 aromatic carbocycles. The van der Waals surface area contributed by atoms with E-state index in [4.69, 9.17) is 0 Å². The van der Waals surface area contributed by atoms with E-state index in [9.17, 15) is 14.7 Å². The number of carbonyl (C=O) groups is 2. The normalized spacial score (nSPS) is 14.0. The highest BCUT2D eigenvalue weighted by Crippen LogP contribution is 2.28. The molecule has 1 fully saturated rings. The molecule has 1 heterocycles. The molecule has 3 N–H and O–H groups in total. The minimum absolute atomic E-state index is 0.00832. The second-order valence-electron chi connectivity index (χ2n) is 4.19. The Bertz CT molecular complexity index is 458. The van der Waals surface area contributed by atoms with Gasteiger partial charge in [0.25, 0.3) is 5.91 Å². The van der Waals surface area contributed by atoms with Crippen LogP contribution in [0.4, 0.5) is 0 Å².